The maximum atomic E-state index is 13.3. The molecule has 2 aromatic carbocycles. The number of carbonyl (C=O) groups excluding carboxylic acids is 2. The van der Waals surface area contributed by atoms with E-state index in [9.17, 15) is 27.2 Å². The van der Waals surface area contributed by atoms with Crippen LogP contribution in [0.25, 0.3) is 0 Å². The van der Waals surface area contributed by atoms with Gasteiger partial charge in [-0.25, -0.2) is 9.18 Å². The van der Waals surface area contributed by atoms with Gasteiger partial charge in [-0.2, -0.15) is 13.2 Å². The molecule has 0 radical (unpaired) electrons. The summed E-state index contributed by atoms with van der Waals surface area (Å²) in [5, 5.41) is 2.27. The van der Waals surface area contributed by atoms with Crippen LogP contribution in [0.4, 0.5) is 33.7 Å². The van der Waals surface area contributed by atoms with Crippen LogP contribution in [0.1, 0.15) is 5.56 Å². The van der Waals surface area contributed by atoms with Crippen molar-refractivity contribution in [3.8, 4) is 0 Å². The van der Waals surface area contributed by atoms with E-state index in [4.69, 9.17) is 0 Å². The number of alkyl halides is 3. The largest absolute Gasteiger partial charge is 0.419 e. The summed E-state index contributed by atoms with van der Waals surface area (Å²) in [4.78, 5) is 27.3. The van der Waals surface area contributed by atoms with Gasteiger partial charge in [-0.05, 0) is 30.3 Å². The average Bonchev–Trinajstić information content (AvgIpc) is 2.97. The van der Waals surface area contributed by atoms with E-state index in [1.807, 2.05) is 6.07 Å². The third-order valence-electron chi connectivity index (χ3n) is 4.05. The highest BCUT2D eigenvalue weighted by Gasteiger charge is 2.34. The average molecular weight is 381 g/mol. The van der Waals surface area contributed by atoms with Crippen molar-refractivity contribution >= 4 is 23.3 Å². The molecule has 1 heterocycles. The Kier molecular flexibility index (Phi) is 5.02. The predicted octanol–water partition coefficient (Wildman–Crippen LogP) is 3.73. The van der Waals surface area contributed by atoms with Gasteiger partial charge in [0.2, 0.25) is 5.91 Å². The Bertz CT molecular complexity index is 855. The molecule has 1 saturated heterocycles. The molecule has 3 rings (SSSR count). The quantitative estimate of drug-likeness (QED) is 0.821. The summed E-state index contributed by atoms with van der Waals surface area (Å²) in [7, 11) is 0. The molecule has 2 aromatic rings. The second-order valence-electron chi connectivity index (χ2n) is 5.93. The van der Waals surface area contributed by atoms with E-state index in [0.29, 0.717) is 30.9 Å². The molecule has 0 saturated carbocycles. The van der Waals surface area contributed by atoms with Crippen molar-refractivity contribution in [3.05, 3.63) is 59.9 Å². The summed E-state index contributed by atoms with van der Waals surface area (Å²) in [6.45, 7) is 0.379. The van der Waals surface area contributed by atoms with Crippen LogP contribution in [0.3, 0.4) is 0 Å². The third kappa shape index (κ3) is 4.18. The van der Waals surface area contributed by atoms with Gasteiger partial charge in [-0.15, -0.1) is 0 Å². The first-order valence-electron chi connectivity index (χ1n) is 8.04. The van der Waals surface area contributed by atoms with Gasteiger partial charge in [0.25, 0.3) is 0 Å². The second-order valence-corrected chi connectivity index (χ2v) is 5.93. The summed E-state index contributed by atoms with van der Waals surface area (Å²) < 4.78 is 51.5. The minimum absolute atomic E-state index is 0.194. The molecule has 1 fully saturated rings. The summed E-state index contributed by atoms with van der Waals surface area (Å²) in [6, 6.07) is 10.7. The van der Waals surface area contributed by atoms with Crippen molar-refractivity contribution in [3.63, 3.8) is 0 Å². The zero-order valence-electron chi connectivity index (χ0n) is 14.0. The summed E-state index contributed by atoms with van der Waals surface area (Å²) >= 11 is 0. The molecule has 0 bridgehead atoms. The molecule has 9 heteroatoms. The number of hydrogen-bond donors (Lipinski definition) is 1. The Balaban J connectivity index is 1.64. The maximum absolute atomic E-state index is 13.3. The minimum atomic E-state index is -4.87. The summed E-state index contributed by atoms with van der Waals surface area (Å²) in [5.74, 6) is -2.09. The number of nitrogens with zero attached hydrogens (tertiary/aromatic N) is 2. The van der Waals surface area contributed by atoms with Gasteiger partial charge in [-0.3, -0.25) is 9.69 Å². The molecule has 0 atom stereocenters. The van der Waals surface area contributed by atoms with Crippen molar-refractivity contribution in [1.82, 2.24) is 4.90 Å². The number of nitrogens with one attached hydrogen (secondary N) is 1. The van der Waals surface area contributed by atoms with Gasteiger partial charge < -0.3 is 10.2 Å². The van der Waals surface area contributed by atoms with Crippen LogP contribution >= 0.6 is 0 Å². The number of hydrogen-bond acceptors (Lipinski definition) is 2. The molecule has 5 nitrogen and oxygen atoms in total. The number of benzene rings is 2. The van der Waals surface area contributed by atoms with Crippen LogP contribution in [0.15, 0.2) is 48.5 Å². The molecule has 27 heavy (non-hydrogen) atoms. The molecule has 0 aromatic heterocycles. The number of carbonyl (C=O) groups is 2. The lowest BCUT2D eigenvalue weighted by atomic mass is 10.2. The molecule has 0 aliphatic carbocycles. The van der Waals surface area contributed by atoms with Gasteiger partial charge in [-0.1, -0.05) is 18.2 Å². The Hall–Kier alpha value is -3.10. The van der Waals surface area contributed by atoms with Crippen molar-refractivity contribution in [2.24, 2.45) is 0 Å². The molecular formula is C18H15F4N3O2. The van der Waals surface area contributed by atoms with E-state index in [1.165, 1.54) is 9.80 Å². The summed E-state index contributed by atoms with van der Waals surface area (Å²) in [6.07, 6.45) is -4.87. The van der Waals surface area contributed by atoms with Crippen LogP contribution in [0.2, 0.25) is 0 Å². The fraction of sp³-hybridized carbons (Fsp3) is 0.222. The van der Waals surface area contributed by atoms with E-state index >= 15 is 0 Å². The Morgan fingerprint density at radius 1 is 1.07 bits per heavy atom. The SMILES string of the molecule is O=C(CN1CCN(c2ccccc2)C1=O)Nc1ccc(F)c(C(F)(F)F)c1. The van der Waals surface area contributed by atoms with Gasteiger partial charge in [0, 0.05) is 24.5 Å². The smallest absolute Gasteiger partial charge is 0.325 e. The highest BCUT2D eigenvalue weighted by molar-refractivity contribution is 5.99. The van der Waals surface area contributed by atoms with Crippen LogP contribution in [-0.4, -0.2) is 36.5 Å². The maximum Gasteiger partial charge on any atom is 0.419 e. The molecule has 3 amide bonds. The lowest BCUT2D eigenvalue weighted by molar-refractivity contribution is -0.140. The first-order chi connectivity index (χ1) is 12.8. The van der Waals surface area contributed by atoms with E-state index in [0.717, 1.165) is 6.07 Å². The fourth-order valence-corrected chi connectivity index (χ4v) is 2.77. The molecule has 0 spiro atoms. The molecule has 1 aliphatic rings. The van der Waals surface area contributed by atoms with Crippen LogP contribution in [0, 0.1) is 5.82 Å². The molecule has 142 valence electrons. The lowest BCUT2D eigenvalue weighted by Gasteiger charge is -2.18. The van der Waals surface area contributed by atoms with Crippen molar-refractivity contribution < 1.29 is 27.2 Å². The Labute approximate surface area is 152 Å². The summed E-state index contributed by atoms with van der Waals surface area (Å²) in [5.41, 5.74) is -0.966. The Morgan fingerprint density at radius 2 is 1.78 bits per heavy atom. The van der Waals surface area contributed by atoms with E-state index < -0.39 is 23.5 Å². The monoisotopic (exact) mass is 381 g/mol. The van der Waals surface area contributed by atoms with Gasteiger partial charge in [0.15, 0.2) is 0 Å². The number of anilines is 2. The van der Waals surface area contributed by atoms with E-state index in [-0.39, 0.29) is 18.3 Å². The number of amides is 3. The third-order valence-corrected chi connectivity index (χ3v) is 4.05. The molecular weight excluding hydrogens is 366 g/mol. The highest BCUT2D eigenvalue weighted by atomic mass is 19.4. The first-order valence-corrected chi connectivity index (χ1v) is 8.04. The van der Waals surface area contributed by atoms with Gasteiger partial charge >= 0.3 is 12.2 Å². The van der Waals surface area contributed by atoms with Crippen LogP contribution < -0.4 is 10.2 Å². The van der Waals surface area contributed by atoms with Crippen molar-refractivity contribution in [2.45, 2.75) is 6.18 Å². The number of rotatable bonds is 4. The topological polar surface area (TPSA) is 52.7 Å². The zero-order chi connectivity index (χ0) is 19.6. The molecule has 1 aliphatic heterocycles. The Morgan fingerprint density at radius 3 is 2.44 bits per heavy atom. The number of halogens is 4. The number of urea groups is 1. The molecule has 0 unspecified atom stereocenters. The minimum Gasteiger partial charge on any atom is -0.325 e. The number of para-hydroxylation sites is 1. The van der Waals surface area contributed by atoms with Gasteiger partial charge in [0.1, 0.15) is 12.4 Å². The zero-order valence-corrected chi connectivity index (χ0v) is 14.0. The standard InChI is InChI=1S/C18H15F4N3O2/c19-15-7-6-12(10-14(15)18(20,21)22)23-16(26)11-24-8-9-25(17(24)27)13-4-2-1-3-5-13/h1-7,10H,8-9,11H2,(H,23,26). The highest BCUT2D eigenvalue weighted by Crippen LogP contribution is 2.33. The first kappa shape index (κ1) is 18.7. The van der Waals surface area contributed by atoms with Crippen LogP contribution in [-0.2, 0) is 11.0 Å². The second kappa shape index (κ2) is 7.26. The van der Waals surface area contributed by atoms with Crippen molar-refractivity contribution in [1.29, 1.82) is 0 Å². The van der Waals surface area contributed by atoms with Crippen molar-refractivity contribution in [2.75, 3.05) is 29.9 Å². The lowest BCUT2D eigenvalue weighted by Crippen LogP contribution is -2.37. The van der Waals surface area contributed by atoms with Gasteiger partial charge in [0.05, 0.1) is 5.56 Å². The van der Waals surface area contributed by atoms with E-state index in [1.54, 1.807) is 24.3 Å². The molecule has 1 N–H and O–H groups in total. The fourth-order valence-electron chi connectivity index (χ4n) is 2.77. The normalized spacial score (nSPS) is 14.6. The van der Waals surface area contributed by atoms with Crippen LogP contribution in [0.5, 0.6) is 0 Å². The van der Waals surface area contributed by atoms with E-state index in [2.05, 4.69) is 5.32 Å². The predicted molar refractivity (Wildman–Crippen MR) is 90.8 cm³/mol.